The van der Waals surface area contributed by atoms with Gasteiger partial charge in [-0.05, 0) is 30.7 Å². The second-order valence-electron chi connectivity index (χ2n) is 5.28. The highest BCUT2D eigenvalue weighted by molar-refractivity contribution is 5.52. The van der Waals surface area contributed by atoms with Crippen molar-refractivity contribution in [1.82, 2.24) is 4.98 Å². The van der Waals surface area contributed by atoms with Crippen molar-refractivity contribution in [1.29, 1.82) is 0 Å². The van der Waals surface area contributed by atoms with E-state index in [1.165, 1.54) is 18.5 Å². The predicted octanol–water partition coefficient (Wildman–Crippen LogP) is 2.41. The van der Waals surface area contributed by atoms with E-state index in [1.807, 2.05) is 12.4 Å². The molecule has 2 heterocycles. The Bertz CT molecular complexity index is 354. The first-order valence-electron chi connectivity index (χ1n) is 6.60. The molecule has 0 atom stereocenters. The molecule has 94 valence electrons. The molecule has 17 heavy (non-hydrogen) atoms. The van der Waals surface area contributed by atoms with Gasteiger partial charge >= 0.3 is 0 Å². The fourth-order valence-electron chi connectivity index (χ4n) is 2.69. The van der Waals surface area contributed by atoms with E-state index in [0.29, 0.717) is 6.54 Å². The first-order chi connectivity index (χ1) is 8.22. The number of pyridine rings is 1. The molecule has 0 aliphatic carbocycles. The van der Waals surface area contributed by atoms with Gasteiger partial charge in [-0.3, -0.25) is 4.98 Å². The highest BCUT2D eigenvalue weighted by Gasteiger charge is 2.22. The van der Waals surface area contributed by atoms with Crippen LogP contribution in [0.5, 0.6) is 0 Å². The van der Waals surface area contributed by atoms with Crippen molar-refractivity contribution >= 4 is 5.69 Å². The number of hydrogen-bond acceptors (Lipinski definition) is 3. The molecule has 0 aromatic carbocycles. The zero-order chi connectivity index (χ0) is 12.3. The van der Waals surface area contributed by atoms with Crippen LogP contribution in [0.4, 0.5) is 5.69 Å². The molecule has 2 N–H and O–H groups in total. The summed E-state index contributed by atoms with van der Waals surface area (Å²) in [5.74, 6) is 1.69. The summed E-state index contributed by atoms with van der Waals surface area (Å²) in [7, 11) is 0. The summed E-state index contributed by atoms with van der Waals surface area (Å²) in [5, 5.41) is 0. The third-order valence-electron chi connectivity index (χ3n) is 3.92. The second-order valence-corrected chi connectivity index (χ2v) is 5.28. The third-order valence-corrected chi connectivity index (χ3v) is 3.92. The lowest BCUT2D eigenvalue weighted by Gasteiger charge is -2.36. The van der Waals surface area contributed by atoms with E-state index in [4.69, 9.17) is 5.73 Å². The van der Waals surface area contributed by atoms with E-state index in [9.17, 15) is 0 Å². The van der Waals surface area contributed by atoms with Crippen LogP contribution in [0, 0.1) is 11.8 Å². The Morgan fingerprint density at radius 1 is 1.41 bits per heavy atom. The highest BCUT2D eigenvalue weighted by atomic mass is 15.1. The monoisotopic (exact) mass is 233 g/mol. The SMILES string of the molecule is CC(C)C1CCN(c2ccncc2CN)CC1. The summed E-state index contributed by atoms with van der Waals surface area (Å²) in [6.07, 6.45) is 6.35. The van der Waals surface area contributed by atoms with Gasteiger partial charge in [-0.1, -0.05) is 13.8 Å². The van der Waals surface area contributed by atoms with E-state index in [0.717, 1.165) is 30.5 Å². The molecule has 1 fully saturated rings. The Morgan fingerprint density at radius 3 is 2.71 bits per heavy atom. The number of rotatable bonds is 3. The van der Waals surface area contributed by atoms with Crippen LogP contribution in [0.15, 0.2) is 18.5 Å². The largest absolute Gasteiger partial charge is 0.371 e. The van der Waals surface area contributed by atoms with Gasteiger partial charge in [0.15, 0.2) is 0 Å². The van der Waals surface area contributed by atoms with Gasteiger partial charge in [0.25, 0.3) is 0 Å². The molecule has 0 radical (unpaired) electrons. The van der Waals surface area contributed by atoms with Crippen LogP contribution in [-0.4, -0.2) is 18.1 Å². The van der Waals surface area contributed by atoms with Crippen LogP contribution in [0.25, 0.3) is 0 Å². The molecule has 0 unspecified atom stereocenters. The molecule has 3 heteroatoms. The van der Waals surface area contributed by atoms with Crippen molar-refractivity contribution in [2.75, 3.05) is 18.0 Å². The molecule has 0 spiro atoms. The summed E-state index contributed by atoms with van der Waals surface area (Å²) in [5.41, 5.74) is 8.21. The van der Waals surface area contributed by atoms with E-state index in [2.05, 4.69) is 29.8 Å². The van der Waals surface area contributed by atoms with Gasteiger partial charge < -0.3 is 10.6 Å². The summed E-state index contributed by atoms with van der Waals surface area (Å²) in [6, 6.07) is 2.10. The fourth-order valence-corrected chi connectivity index (χ4v) is 2.69. The topological polar surface area (TPSA) is 42.2 Å². The molecule has 3 nitrogen and oxygen atoms in total. The van der Waals surface area contributed by atoms with Gasteiger partial charge in [0, 0.05) is 43.3 Å². The van der Waals surface area contributed by atoms with Gasteiger partial charge in [-0.15, -0.1) is 0 Å². The Balaban J connectivity index is 2.05. The standard InChI is InChI=1S/C14H23N3/c1-11(2)12-4-7-17(8-5-12)14-3-6-16-10-13(14)9-15/h3,6,10-12H,4-5,7-9,15H2,1-2H3. The molecule has 0 saturated carbocycles. The molecule has 1 aromatic heterocycles. The van der Waals surface area contributed by atoms with Crippen LogP contribution in [0.1, 0.15) is 32.3 Å². The molecule has 2 rings (SSSR count). The molecule has 1 aliphatic heterocycles. The van der Waals surface area contributed by atoms with E-state index in [-0.39, 0.29) is 0 Å². The third kappa shape index (κ3) is 2.78. The maximum atomic E-state index is 5.77. The fraction of sp³-hybridized carbons (Fsp3) is 0.643. The first kappa shape index (κ1) is 12.4. The Morgan fingerprint density at radius 2 is 2.12 bits per heavy atom. The molecule has 1 aromatic rings. The Kier molecular flexibility index (Phi) is 4.00. The Hall–Kier alpha value is -1.09. The molecule has 0 amide bonds. The lowest BCUT2D eigenvalue weighted by atomic mass is 9.86. The highest BCUT2D eigenvalue weighted by Crippen LogP contribution is 2.29. The zero-order valence-corrected chi connectivity index (χ0v) is 10.9. The van der Waals surface area contributed by atoms with Crippen LogP contribution >= 0.6 is 0 Å². The zero-order valence-electron chi connectivity index (χ0n) is 10.9. The Labute approximate surface area is 104 Å². The van der Waals surface area contributed by atoms with Crippen LogP contribution in [0.2, 0.25) is 0 Å². The van der Waals surface area contributed by atoms with Crippen molar-refractivity contribution in [3.63, 3.8) is 0 Å². The average Bonchev–Trinajstić information content (AvgIpc) is 2.39. The summed E-state index contributed by atoms with van der Waals surface area (Å²) >= 11 is 0. The van der Waals surface area contributed by atoms with Crippen molar-refractivity contribution in [3.05, 3.63) is 24.0 Å². The molecule has 1 aliphatic rings. The minimum absolute atomic E-state index is 0.577. The summed E-state index contributed by atoms with van der Waals surface area (Å²) in [4.78, 5) is 6.61. The summed E-state index contributed by atoms with van der Waals surface area (Å²) < 4.78 is 0. The summed E-state index contributed by atoms with van der Waals surface area (Å²) in [6.45, 7) is 7.54. The maximum absolute atomic E-state index is 5.77. The number of anilines is 1. The quantitative estimate of drug-likeness (QED) is 0.871. The normalized spacial score (nSPS) is 17.8. The van der Waals surface area contributed by atoms with Crippen molar-refractivity contribution in [2.24, 2.45) is 17.6 Å². The maximum Gasteiger partial charge on any atom is 0.0442 e. The van der Waals surface area contributed by atoms with Gasteiger partial charge in [-0.2, -0.15) is 0 Å². The number of nitrogens with zero attached hydrogens (tertiary/aromatic N) is 2. The van der Waals surface area contributed by atoms with Gasteiger partial charge in [0.05, 0.1) is 0 Å². The lowest BCUT2D eigenvalue weighted by molar-refractivity contribution is 0.311. The van der Waals surface area contributed by atoms with Crippen LogP contribution in [0.3, 0.4) is 0 Å². The van der Waals surface area contributed by atoms with Crippen LogP contribution < -0.4 is 10.6 Å². The minimum Gasteiger partial charge on any atom is -0.371 e. The number of piperidine rings is 1. The van der Waals surface area contributed by atoms with E-state index in [1.54, 1.807) is 0 Å². The number of aromatic nitrogens is 1. The first-order valence-corrected chi connectivity index (χ1v) is 6.60. The van der Waals surface area contributed by atoms with Crippen molar-refractivity contribution in [2.45, 2.75) is 33.2 Å². The van der Waals surface area contributed by atoms with E-state index >= 15 is 0 Å². The number of hydrogen-bond donors (Lipinski definition) is 1. The molecule has 0 bridgehead atoms. The van der Waals surface area contributed by atoms with Crippen molar-refractivity contribution in [3.8, 4) is 0 Å². The minimum atomic E-state index is 0.577. The molecular weight excluding hydrogens is 210 g/mol. The van der Waals surface area contributed by atoms with E-state index < -0.39 is 0 Å². The molecule has 1 saturated heterocycles. The van der Waals surface area contributed by atoms with Gasteiger partial charge in [0.1, 0.15) is 0 Å². The molecular formula is C14H23N3. The number of nitrogens with two attached hydrogens (primary N) is 1. The van der Waals surface area contributed by atoms with Crippen molar-refractivity contribution < 1.29 is 0 Å². The predicted molar refractivity (Wildman–Crippen MR) is 71.9 cm³/mol. The second kappa shape index (κ2) is 5.50. The van der Waals surface area contributed by atoms with Gasteiger partial charge in [0.2, 0.25) is 0 Å². The average molecular weight is 233 g/mol. The smallest absolute Gasteiger partial charge is 0.0442 e. The van der Waals surface area contributed by atoms with Crippen LogP contribution in [-0.2, 0) is 6.54 Å². The lowest BCUT2D eigenvalue weighted by Crippen LogP contribution is -2.36. The van der Waals surface area contributed by atoms with Gasteiger partial charge in [-0.25, -0.2) is 0 Å².